The zero-order valence-corrected chi connectivity index (χ0v) is 51.5. The van der Waals surface area contributed by atoms with Gasteiger partial charge in [0.25, 0.3) is 0 Å². The SMILES string of the molecule is CCC[C@@H]1C[C@@H](C(=O)N[C@@H]([C@H]2O[C@H](SC)[C@H](O)[C@@H](O)[C@H]2O)[C@@H](C)O)N(C)C1.CC[C@H]1OC(=O)[C@H](C)[C@@H](O[C@H]2C[C@@](C)(OC)[C@@H](O)[C@H](C)O2)[C@H](C)[C@@H](O[C@@H]2O[C@H](C)C[C@H](N(C)C)[C@H]2O)[C@](C)(O)C[C@@H](C)CN(C)[C@H](C)[C@@H](O)[C@]1(C)O. The number of esters is 1. The van der Waals surface area contributed by atoms with Gasteiger partial charge in [-0.3, -0.25) is 14.5 Å². The van der Waals surface area contributed by atoms with E-state index in [2.05, 4.69) is 12.2 Å². The Bertz CT molecular complexity index is 1880. The number of likely N-dealkylation sites (tertiary alicyclic amines) is 1. The van der Waals surface area contributed by atoms with Crippen molar-refractivity contribution in [1.82, 2.24) is 20.0 Å². The normalized spacial score (nSPS) is 46.3. The van der Waals surface area contributed by atoms with Gasteiger partial charge in [-0.1, -0.05) is 34.1 Å². The third kappa shape index (κ3) is 16.9. The van der Waals surface area contributed by atoms with Crippen LogP contribution in [0.4, 0.5) is 0 Å². The number of thioether (sulfide) groups is 1. The molecule has 5 saturated heterocycles. The minimum absolute atomic E-state index is 0.133. The second-order valence-electron chi connectivity index (χ2n) is 25.0. The summed E-state index contributed by atoms with van der Waals surface area (Å²) in [4.78, 5) is 32.9. The maximum Gasteiger partial charge on any atom is 0.311 e. The van der Waals surface area contributed by atoms with Crippen LogP contribution in [0.3, 0.4) is 0 Å². The molecule has 5 heterocycles. The van der Waals surface area contributed by atoms with E-state index in [9.17, 15) is 55.5 Å². The van der Waals surface area contributed by atoms with Gasteiger partial charge in [0.1, 0.15) is 59.9 Å². The minimum atomic E-state index is -1.80. The third-order valence-corrected chi connectivity index (χ3v) is 18.7. The second-order valence-corrected chi connectivity index (χ2v) is 25.9. The quantitative estimate of drug-likeness (QED) is 0.109. The number of cyclic esters (lactones) is 1. The Hall–Kier alpha value is -1.43. The molecule has 79 heavy (non-hydrogen) atoms. The first kappa shape index (κ1) is 70.1. The van der Waals surface area contributed by atoms with E-state index < -0.39 is 138 Å². The Kier molecular flexibility index (Phi) is 26.2. The molecule has 1 amide bonds. The van der Waals surface area contributed by atoms with E-state index in [0.29, 0.717) is 18.9 Å². The van der Waals surface area contributed by atoms with Crippen LogP contribution in [0.25, 0.3) is 0 Å². The summed E-state index contributed by atoms with van der Waals surface area (Å²) in [6.07, 6.45) is -9.69. The highest BCUT2D eigenvalue weighted by atomic mass is 32.2. The molecule has 5 rings (SSSR count). The zero-order valence-electron chi connectivity index (χ0n) is 50.7. The topological polar surface area (TPSA) is 303 Å². The summed E-state index contributed by atoms with van der Waals surface area (Å²) in [7, 11) is 9.03. The Morgan fingerprint density at radius 3 is 2.05 bits per heavy atom. The molecule has 0 bridgehead atoms. The fourth-order valence-corrected chi connectivity index (χ4v) is 13.5. The molecule has 0 aromatic rings. The first-order valence-electron chi connectivity index (χ1n) is 28.8. The first-order valence-corrected chi connectivity index (χ1v) is 30.0. The van der Waals surface area contributed by atoms with Crippen molar-refractivity contribution < 1.29 is 88.7 Å². The Balaban J connectivity index is 0.000000416. The van der Waals surface area contributed by atoms with E-state index in [-0.39, 0.29) is 49.3 Å². The largest absolute Gasteiger partial charge is 0.459 e. The molecular weight excluding hydrogens is 1050 g/mol. The van der Waals surface area contributed by atoms with Crippen LogP contribution in [0, 0.1) is 23.7 Å². The lowest BCUT2D eigenvalue weighted by atomic mass is 9.77. The van der Waals surface area contributed by atoms with Gasteiger partial charge in [-0.2, -0.15) is 0 Å². The second kappa shape index (κ2) is 29.6. The van der Waals surface area contributed by atoms with Crippen molar-refractivity contribution >= 4 is 23.6 Å². The Labute approximate surface area is 475 Å². The average Bonchev–Trinajstić information content (AvgIpc) is 3.76. The molecule has 464 valence electrons. The highest BCUT2D eigenvalue weighted by Crippen LogP contribution is 2.41. The molecule has 5 fully saturated rings. The monoisotopic (exact) mass is 1150 g/mol. The number of carbonyl (C=O) groups is 2. The van der Waals surface area contributed by atoms with E-state index >= 15 is 0 Å². The number of likely N-dealkylation sites (N-methyl/N-ethyl adjacent to an activating group) is 3. The van der Waals surface area contributed by atoms with Crippen molar-refractivity contribution in [3.8, 4) is 0 Å². The Morgan fingerprint density at radius 2 is 1.49 bits per heavy atom. The summed E-state index contributed by atoms with van der Waals surface area (Å²) in [5.41, 5.74) is -5.13. The summed E-state index contributed by atoms with van der Waals surface area (Å²) in [6.45, 7) is 22.5. The molecule has 5 aliphatic rings. The van der Waals surface area contributed by atoms with Crippen LogP contribution < -0.4 is 5.32 Å². The summed E-state index contributed by atoms with van der Waals surface area (Å²) >= 11 is 1.20. The maximum absolute atomic E-state index is 14.2. The van der Waals surface area contributed by atoms with Crippen LogP contribution in [0.2, 0.25) is 0 Å². The van der Waals surface area contributed by atoms with E-state index in [1.807, 2.05) is 63.7 Å². The molecule has 0 saturated carbocycles. The number of amides is 1. The van der Waals surface area contributed by atoms with Crippen LogP contribution in [0.15, 0.2) is 0 Å². The standard InChI is InChI=1S/C38H72N2O12.C18H34N2O6S/c1-15-27-38(10,46)31(42)24(6)40(13)19-20(2)17-36(8,45)33(52-35-29(41)26(39(11)12)16-21(3)48-35)22(4)30(23(5)34(44)50-27)51-28-18-37(9,47-14)32(43)25(7)49-28;1-5-6-10-7-11(20(3)8-10)17(25)19-12(9(2)21)16-14(23)13(22)15(24)18(26-16)27-4/h20-33,35,41-43,45-46H,15-19H2,1-14H3;9-16,18,21-24H,5-8H2,1-4H3,(H,19,25)/t20-,21-,22+,23-,24-,25+,26+,27-,28+,29-,30+,31-,32+,33-,35+,36-,37-,38-;9-,10-,11+,12-,13+,14-,15-,16-,18-/m11/s1. The predicted octanol–water partition coefficient (Wildman–Crippen LogP) is 1.04. The van der Waals surface area contributed by atoms with Crippen LogP contribution in [-0.4, -0.2) is 266 Å². The maximum atomic E-state index is 14.2. The summed E-state index contributed by atoms with van der Waals surface area (Å²) in [6, 6.07) is -2.00. The fraction of sp³-hybridized carbons (Fsp3) is 0.964. The number of carbonyl (C=O) groups excluding carboxylic acids is 2. The molecule has 27 atom stereocenters. The van der Waals surface area contributed by atoms with Crippen LogP contribution in [0.5, 0.6) is 0 Å². The minimum Gasteiger partial charge on any atom is -0.459 e. The van der Waals surface area contributed by atoms with Gasteiger partial charge < -0.3 is 94.2 Å². The molecule has 0 unspecified atom stereocenters. The number of aliphatic hydroxyl groups is 9. The van der Waals surface area contributed by atoms with E-state index in [4.69, 9.17) is 33.2 Å². The van der Waals surface area contributed by atoms with Gasteiger partial charge >= 0.3 is 5.97 Å². The lowest BCUT2D eigenvalue weighted by Crippen LogP contribution is -2.65. The molecule has 5 aliphatic heterocycles. The number of aliphatic hydroxyl groups excluding tert-OH is 7. The number of ether oxygens (including phenoxy) is 7. The highest BCUT2D eigenvalue weighted by molar-refractivity contribution is 7.99. The van der Waals surface area contributed by atoms with Crippen molar-refractivity contribution in [3.05, 3.63) is 0 Å². The van der Waals surface area contributed by atoms with Crippen molar-refractivity contribution in [2.45, 2.75) is 266 Å². The average molecular weight is 1160 g/mol. The van der Waals surface area contributed by atoms with Crippen molar-refractivity contribution in [2.75, 3.05) is 54.6 Å². The molecule has 23 heteroatoms. The molecule has 0 aromatic heterocycles. The smallest absolute Gasteiger partial charge is 0.311 e. The summed E-state index contributed by atoms with van der Waals surface area (Å²) < 4.78 is 43.2. The molecule has 22 nitrogen and oxygen atoms in total. The number of rotatable bonds is 14. The van der Waals surface area contributed by atoms with E-state index in [0.717, 1.165) is 25.8 Å². The molecule has 0 aromatic carbocycles. The highest BCUT2D eigenvalue weighted by Gasteiger charge is 2.54. The molecule has 0 aliphatic carbocycles. The molecular formula is C56H106N4O18S. The van der Waals surface area contributed by atoms with Gasteiger partial charge in [0.05, 0.1) is 59.7 Å². The van der Waals surface area contributed by atoms with E-state index in [1.54, 1.807) is 47.8 Å². The van der Waals surface area contributed by atoms with Gasteiger partial charge in [0, 0.05) is 44.6 Å². The van der Waals surface area contributed by atoms with Gasteiger partial charge in [-0.15, -0.1) is 11.8 Å². The first-order chi connectivity index (χ1) is 36.6. The van der Waals surface area contributed by atoms with Gasteiger partial charge in [0.2, 0.25) is 5.91 Å². The fourth-order valence-electron chi connectivity index (χ4n) is 12.9. The number of hydrogen-bond donors (Lipinski definition) is 10. The lowest BCUT2D eigenvalue weighted by Gasteiger charge is -2.48. The van der Waals surface area contributed by atoms with Gasteiger partial charge in [-0.05, 0) is 134 Å². The molecule has 0 radical (unpaired) electrons. The summed E-state index contributed by atoms with van der Waals surface area (Å²) in [5.74, 6) is -2.34. The van der Waals surface area contributed by atoms with Crippen molar-refractivity contribution in [2.24, 2.45) is 23.7 Å². The summed E-state index contributed by atoms with van der Waals surface area (Å²) in [5, 5.41) is 102. The van der Waals surface area contributed by atoms with Gasteiger partial charge in [0.15, 0.2) is 12.6 Å². The van der Waals surface area contributed by atoms with Crippen LogP contribution in [-0.2, 0) is 42.7 Å². The van der Waals surface area contributed by atoms with Gasteiger partial charge in [-0.25, -0.2) is 0 Å². The third-order valence-electron chi connectivity index (χ3n) is 17.9. The van der Waals surface area contributed by atoms with Crippen molar-refractivity contribution in [3.63, 3.8) is 0 Å². The van der Waals surface area contributed by atoms with Crippen LogP contribution in [0.1, 0.15) is 128 Å². The number of methoxy groups -OCH3 is 1. The van der Waals surface area contributed by atoms with E-state index in [1.165, 1.54) is 32.7 Å². The molecule has 0 spiro atoms. The number of nitrogens with zero attached hydrogens (tertiary/aromatic N) is 3. The zero-order chi connectivity index (χ0) is 60.0. The predicted molar refractivity (Wildman–Crippen MR) is 297 cm³/mol. The number of hydrogen-bond acceptors (Lipinski definition) is 22. The number of nitrogens with one attached hydrogen (secondary N) is 1. The Morgan fingerprint density at radius 1 is 0.861 bits per heavy atom. The van der Waals surface area contributed by atoms with Crippen LogP contribution >= 0.6 is 11.8 Å². The molecule has 10 N–H and O–H groups in total. The lowest BCUT2D eigenvalue weighted by molar-refractivity contribution is -0.318. The van der Waals surface area contributed by atoms with Crippen molar-refractivity contribution in [1.29, 1.82) is 0 Å².